The monoisotopic (exact) mass is 304 g/mol. The molecule has 0 bridgehead atoms. The van der Waals surface area contributed by atoms with Crippen LogP contribution in [0.3, 0.4) is 0 Å². The molecule has 5 rings (SSSR count). The van der Waals surface area contributed by atoms with Gasteiger partial charge in [0.1, 0.15) is 5.69 Å². The minimum absolute atomic E-state index is 0.195. The summed E-state index contributed by atoms with van der Waals surface area (Å²) in [6, 6.07) is 5.64. The molecule has 0 spiro atoms. The molecular formula is C16H12N6O. The molecule has 0 unspecified atom stereocenters. The number of fused-ring (bicyclic) bond motifs is 4. The van der Waals surface area contributed by atoms with Gasteiger partial charge in [-0.2, -0.15) is 0 Å². The number of rotatable bonds is 2. The van der Waals surface area contributed by atoms with Gasteiger partial charge in [-0.1, -0.05) is 0 Å². The molecule has 0 atom stereocenters. The number of amides is 1. The summed E-state index contributed by atoms with van der Waals surface area (Å²) in [5.41, 5.74) is 6.05. The summed E-state index contributed by atoms with van der Waals surface area (Å²) in [4.78, 5) is 24.2. The number of hydrogen-bond donors (Lipinski definition) is 2. The van der Waals surface area contributed by atoms with Gasteiger partial charge in [0.25, 0.3) is 5.91 Å². The number of anilines is 1. The van der Waals surface area contributed by atoms with Crippen molar-refractivity contribution in [1.82, 2.24) is 24.6 Å². The molecule has 3 aromatic rings. The van der Waals surface area contributed by atoms with Gasteiger partial charge in [-0.05, 0) is 26.0 Å². The molecular weight excluding hydrogens is 292 g/mol. The van der Waals surface area contributed by atoms with Crippen molar-refractivity contribution in [3.63, 3.8) is 0 Å². The summed E-state index contributed by atoms with van der Waals surface area (Å²) in [7, 11) is 0. The number of aryl methyl sites for hydroxylation is 2. The van der Waals surface area contributed by atoms with Crippen molar-refractivity contribution < 1.29 is 4.79 Å². The van der Waals surface area contributed by atoms with Crippen LogP contribution in [0.1, 0.15) is 21.7 Å². The molecule has 0 aromatic carbocycles. The van der Waals surface area contributed by atoms with E-state index in [-0.39, 0.29) is 5.91 Å². The molecule has 0 fully saturated rings. The highest BCUT2D eigenvalue weighted by atomic mass is 16.1. The Kier molecular flexibility index (Phi) is 2.12. The topological polar surface area (TPSA) is 88.0 Å². The maximum atomic E-state index is 12.5. The molecule has 4 heterocycles. The van der Waals surface area contributed by atoms with Gasteiger partial charge < -0.3 is 10.3 Å². The second kappa shape index (κ2) is 3.95. The molecule has 0 saturated carbocycles. The van der Waals surface area contributed by atoms with Crippen LogP contribution in [0.2, 0.25) is 0 Å². The lowest BCUT2D eigenvalue weighted by molar-refractivity contribution is 0.102. The van der Waals surface area contributed by atoms with E-state index in [2.05, 4.69) is 25.4 Å². The van der Waals surface area contributed by atoms with Gasteiger partial charge in [0.05, 0.1) is 16.8 Å². The van der Waals surface area contributed by atoms with Crippen molar-refractivity contribution in [1.29, 1.82) is 0 Å². The lowest BCUT2D eigenvalue weighted by Gasteiger charge is -2.00. The van der Waals surface area contributed by atoms with Gasteiger partial charge >= 0.3 is 0 Å². The molecule has 0 radical (unpaired) electrons. The largest absolute Gasteiger partial charge is 0.359 e. The zero-order valence-corrected chi connectivity index (χ0v) is 12.5. The van der Waals surface area contributed by atoms with Crippen molar-refractivity contribution in [3.05, 3.63) is 41.3 Å². The fourth-order valence-electron chi connectivity index (χ4n) is 3.01. The van der Waals surface area contributed by atoms with Crippen LogP contribution in [-0.2, 0) is 0 Å². The number of aromatic amines is 1. The highest BCUT2D eigenvalue weighted by Gasteiger charge is 2.25. The standard InChI is InChI=1S/C16H12N6O/c1-7-3-8(2)22-13(18-7)5-12(21-22)20-16(23)10-6-17-14-9(10)4-11-15(14)19-11/h3-6,17H,1-2H3,(H,20,21,23). The van der Waals surface area contributed by atoms with Gasteiger partial charge in [0, 0.05) is 29.0 Å². The van der Waals surface area contributed by atoms with Crippen molar-refractivity contribution in [3.8, 4) is 11.4 Å². The van der Waals surface area contributed by atoms with Crippen LogP contribution < -0.4 is 5.32 Å². The fourth-order valence-corrected chi connectivity index (χ4v) is 3.01. The van der Waals surface area contributed by atoms with Crippen molar-refractivity contribution in [2.45, 2.75) is 13.8 Å². The van der Waals surface area contributed by atoms with E-state index < -0.39 is 0 Å². The predicted octanol–water partition coefficient (Wildman–Crippen LogP) is 2.46. The Morgan fingerprint density at radius 1 is 1.22 bits per heavy atom. The number of pyridine rings is 1. The first-order chi connectivity index (χ1) is 11.1. The van der Waals surface area contributed by atoms with Gasteiger partial charge in [-0.25, -0.2) is 14.5 Å². The van der Waals surface area contributed by atoms with Crippen LogP contribution >= 0.6 is 0 Å². The first-order valence-corrected chi connectivity index (χ1v) is 7.28. The Bertz CT molecular complexity index is 1140. The molecule has 7 heteroatoms. The maximum absolute atomic E-state index is 12.5. The van der Waals surface area contributed by atoms with Crippen LogP contribution in [0.25, 0.3) is 27.9 Å². The highest BCUT2D eigenvalue weighted by molar-refractivity contribution is 6.17. The Morgan fingerprint density at radius 2 is 2.09 bits per heavy atom. The van der Waals surface area contributed by atoms with E-state index in [0.717, 1.165) is 39.3 Å². The number of aromatic nitrogens is 5. The van der Waals surface area contributed by atoms with Crippen LogP contribution in [-0.4, -0.2) is 30.5 Å². The SMILES string of the molecule is Cc1cc(C)n2nc(NC(=O)c3c[nH]c4c5nc-5cc34)cc2n1. The van der Waals surface area contributed by atoms with E-state index in [1.165, 1.54) is 0 Å². The van der Waals surface area contributed by atoms with Crippen molar-refractivity contribution in [2.24, 2.45) is 0 Å². The predicted molar refractivity (Wildman–Crippen MR) is 85.5 cm³/mol. The molecule has 2 N–H and O–H groups in total. The van der Waals surface area contributed by atoms with Crippen molar-refractivity contribution >= 4 is 28.3 Å². The number of carbonyl (C=O) groups is 1. The minimum Gasteiger partial charge on any atom is -0.359 e. The number of hydrogen-bond acceptors (Lipinski definition) is 4. The smallest absolute Gasteiger partial charge is 0.259 e. The Morgan fingerprint density at radius 3 is 2.96 bits per heavy atom. The molecule has 1 aliphatic heterocycles. The molecule has 0 saturated heterocycles. The van der Waals surface area contributed by atoms with Crippen LogP contribution in [0.15, 0.2) is 24.4 Å². The average Bonchev–Trinajstić information content (AvgIpc) is 2.85. The summed E-state index contributed by atoms with van der Waals surface area (Å²) in [6.45, 7) is 3.89. The average molecular weight is 304 g/mol. The van der Waals surface area contributed by atoms with Crippen LogP contribution in [0.5, 0.6) is 0 Å². The Labute approximate surface area is 130 Å². The minimum atomic E-state index is -0.195. The summed E-state index contributed by atoms with van der Waals surface area (Å²) < 4.78 is 1.72. The number of H-pyrrole nitrogens is 1. The first-order valence-electron chi connectivity index (χ1n) is 7.28. The number of nitrogens with zero attached hydrogens (tertiary/aromatic N) is 4. The zero-order chi connectivity index (χ0) is 15.7. The molecule has 1 amide bonds. The fraction of sp³-hybridized carbons (Fsp3) is 0.125. The second-order valence-electron chi connectivity index (χ2n) is 5.77. The summed E-state index contributed by atoms with van der Waals surface area (Å²) in [5, 5.41) is 8.13. The molecule has 2 aliphatic rings. The summed E-state index contributed by atoms with van der Waals surface area (Å²) >= 11 is 0. The van der Waals surface area contributed by atoms with Crippen molar-refractivity contribution in [2.75, 3.05) is 5.32 Å². The molecule has 3 aromatic heterocycles. The Balaban J connectivity index is 1.52. The van der Waals surface area contributed by atoms with E-state index in [1.807, 2.05) is 26.0 Å². The Hall–Kier alpha value is -3.22. The zero-order valence-electron chi connectivity index (χ0n) is 12.5. The van der Waals surface area contributed by atoms with E-state index >= 15 is 0 Å². The lowest BCUT2D eigenvalue weighted by atomic mass is 10.2. The van der Waals surface area contributed by atoms with Gasteiger partial charge in [-0.3, -0.25) is 4.79 Å². The third-order valence-corrected chi connectivity index (χ3v) is 4.08. The number of carbonyl (C=O) groups excluding carboxylic acids is 1. The molecule has 1 aliphatic carbocycles. The maximum Gasteiger partial charge on any atom is 0.259 e. The van der Waals surface area contributed by atoms with Crippen LogP contribution in [0.4, 0.5) is 5.82 Å². The normalized spacial score (nSPS) is 12.1. The summed E-state index contributed by atoms with van der Waals surface area (Å²) in [5.74, 6) is 0.290. The van der Waals surface area contributed by atoms with E-state index in [0.29, 0.717) is 11.4 Å². The molecule has 112 valence electrons. The van der Waals surface area contributed by atoms with Gasteiger partial charge in [0.15, 0.2) is 11.5 Å². The van der Waals surface area contributed by atoms with Gasteiger partial charge in [0.2, 0.25) is 0 Å². The third kappa shape index (κ3) is 1.70. The van der Waals surface area contributed by atoms with Crippen LogP contribution in [0, 0.1) is 13.8 Å². The summed E-state index contributed by atoms with van der Waals surface area (Å²) in [6.07, 6.45) is 1.71. The molecule has 23 heavy (non-hydrogen) atoms. The quantitative estimate of drug-likeness (QED) is 0.524. The first kappa shape index (κ1) is 12.3. The van der Waals surface area contributed by atoms with Gasteiger partial charge in [-0.15, -0.1) is 5.10 Å². The number of nitrogens with one attached hydrogen (secondary N) is 2. The van der Waals surface area contributed by atoms with E-state index in [1.54, 1.807) is 16.8 Å². The lowest BCUT2D eigenvalue weighted by Crippen LogP contribution is -2.11. The molecule has 7 nitrogen and oxygen atoms in total. The van der Waals surface area contributed by atoms with E-state index in [9.17, 15) is 4.79 Å². The third-order valence-electron chi connectivity index (χ3n) is 4.08. The second-order valence-corrected chi connectivity index (χ2v) is 5.77. The highest BCUT2D eigenvalue weighted by Crippen LogP contribution is 2.39. The van der Waals surface area contributed by atoms with E-state index in [4.69, 9.17) is 0 Å².